The predicted molar refractivity (Wildman–Crippen MR) is 76.1 cm³/mol. The summed E-state index contributed by atoms with van der Waals surface area (Å²) in [5, 5.41) is 8.90. The van der Waals surface area contributed by atoms with Crippen LogP contribution in [0, 0.1) is 6.92 Å². The molecular formula is C14H20N2O5. The summed E-state index contributed by atoms with van der Waals surface area (Å²) in [7, 11) is 0. The first-order valence-electron chi connectivity index (χ1n) is 6.97. The molecule has 1 aromatic rings. The van der Waals surface area contributed by atoms with Gasteiger partial charge < -0.3 is 19.1 Å². The number of aromatic nitrogens is 2. The van der Waals surface area contributed by atoms with Gasteiger partial charge >= 0.3 is 5.69 Å². The number of aromatic amines is 1. The Labute approximate surface area is 121 Å². The van der Waals surface area contributed by atoms with E-state index in [0.717, 1.165) is 12.8 Å². The molecule has 0 amide bonds. The van der Waals surface area contributed by atoms with Gasteiger partial charge in [0.1, 0.15) is 6.10 Å². The minimum atomic E-state index is -0.403. The first kappa shape index (κ1) is 15.7. The fourth-order valence-electron chi connectivity index (χ4n) is 2.04. The van der Waals surface area contributed by atoms with Gasteiger partial charge in [-0.25, -0.2) is 4.79 Å². The highest BCUT2D eigenvalue weighted by atomic mass is 16.7. The lowest BCUT2D eigenvalue weighted by atomic mass is 10.3. The summed E-state index contributed by atoms with van der Waals surface area (Å²) in [6.45, 7) is 2.65. The number of aliphatic hydroxyl groups excluding tert-OH is 1. The molecule has 0 saturated carbocycles. The van der Waals surface area contributed by atoms with Crippen LogP contribution in [0.3, 0.4) is 0 Å². The van der Waals surface area contributed by atoms with Gasteiger partial charge in [-0.3, -0.25) is 9.78 Å². The molecule has 7 heteroatoms. The monoisotopic (exact) mass is 296 g/mol. The summed E-state index contributed by atoms with van der Waals surface area (Å²) in [6.07, 6.45) is 5.95. The molecular weight excluding hydrogens is 276 g/mol. The third-order valence-corrected chi connectivity index (χ3v) is 3.24. The molecule has 0 spiro atoms. The van der Waals surface area contributed by atoms with E-state index in [9.17, 15) is 9.59 Å². The molecule has 0 saturated heterocycles. The van der Waals surface area contributed by atoms with Gasteiger partial charge in [0.05, 0.1) is 13.2 Å². The molecule has 2 heterocycles. The molecule has 0 aromatic carbocycles. The van der Waals surface area contributed by atoms with Gasteiger partial charge in [-0.1, -0.05) is 6.08 Å². The van der Waals surface area contributed by atoms with Gasteiger partial charge in [-0.05, 0) is 25.8 Å². The summed E-state index contributed by atoms with van der Waals surface area (Å²) < 4.78 is 12.3. The summed E-state index contributed by atoms with van der Waals surface area (Å²) in [5.74, 6) is 0. The van der Waals surface area contributed by atoms with Crippen LogP contribution in [0.4, 0.5) is 0 Å². The van der Waals surface area contributed by atoms with Crippen molar-refractivity contribution in [2.24, 2.45) is 0 Å². The Morgan fingerprint density at radius 1 is 1.38 bits per heavy atom. The molecule has 0 unspecified atom stereocenters. The number of ether oxygens (including phenoxy) is 2. The zero-order valence-electron chi connectivity index (χ0n) is 11.9. The van der Waals surface area contributed by atoms with Gasteiger partial charge in [0, 0.05) is 18.3 Å². The van der Waals surface area contributed by atoms with Crippen molar-refractivity contribution in [3.05, 3.63) is 44.8 Å². The average molecular weight is 296 g/mol. The summed E-state index contributed by atoms with van der Waals surface area (Å²) >= 11 is 0. The van der Waals surface area contributed by atoms with Crippen molar-refractivity contribution in [1.82, 2.24) is 9.55 Å². The number of aliphatic hydroxyl groups is 1. The highest BCUT2D eigenvalue weighted by Gasteiger charge is 2.18. The van der Waals surface area contributed by atoms with Gasteiger partial charge in [-0.2, -0.15) is 0 Å². The van der Waals surface area contributed by atoms with Crippen LogP contribution in [0.1, 0.15) is 18.4 Å². The first-order valence-corrected chi connectivity index (χ1v) is 6.97. The van der Waals surface area contributed by atoms with Crippen LogP contribution in [0.25, 0.3) is 0 Å². The third-order valence-electron chi connectivity index (χ3n) is 3.24. The van der Waals surface area contributed by atoms with Crippen LogP contribution < -0.4 is 11.2 Å². The fraction of sp³-hybridized carbons (Fsp3) is 0.571. The number of hydrogen-bond donors (Lipinski definition) is 2. The Balaban J connectivity index is 1.69. The topological polar surface area (TPSA) is 93.6 Å². The number of aryl methyl sites for hydroxylation is 2. The maximum absolute atomic E-state index is 11.6. The van der Waals surface area contributed by atoms with Gasteiger partial charge in [0.25, 0.3) is 5.56 Å². The van der Waals surface area contributed by atoms with Crippen LogP contribution >= 0.6 is 0 Å². The molecule has 2 rings (SSSR count). The van der Waals surface area contributed by atoms with E-state index in [1.165, 1.54) is 4.57 Å². The Morgan fingerprint density at radius 3 is 2.90 bits per heavy atom. The number of nitrogens with zero attached hydrogens (tertiary/aromatic N) is 1. The molecule has 2 N–H and O–H groups in total. The van der Waals surface area contributed by atoms with Gasteiger partial charge in [-0.15, -0.1) is 0 Å². The second kappa shape index (κ2) is 7.35. The van der Waals surface area contributed by atoms with Crippen LogP contribution in [0.5, 0.6) is 0 Å². The van der Waals surface area contributed by atoms with Crippen LogP contribution in [0.2, 0.25) is 0 Å². The van der Waals surface area contributed by atoms with Crippen molar-refractivity contribution in [2.45, 2.75) is 38.7 Å². The van der Waals surface area contributed by atoms with E-state index in [4.69, 9.17) is 14.6 Å². The second-order valence-corrected chi connectivity index (χ2v) is 4.95. The van der Waals surface area contributed by atoms with Crippen molar-refractivity contribution in [3.63, 3.8) is 0 Å². The molecule has 0 bridgehead atoms. The number of nitrogens with one attached hydrogen (secondary N) is 1. The number of H-pyrrole nitrogens is 1. The van der Waals surface area contributed by atoms with E-state index >= 15 is 0 Å². The van der Waals surface area contributed by atoms with E-state index < -0.39 is 6.29 Å². The van der Waals surface area contributed by atoms with E-state index in [0.29, 0.717) is 18.7 Å². The van der Waals surface area contributed by atoms with Crippen molar-refractivity contribution >= 4 is 0 Å². The Kier molecular flexibility index (Phi) is 5.49. The van der Waals surface area contributed by atoms with Crippen molar-refractivity contribution < 1.29 is 14.6 Å². The van der Waals surface area contributed by atoms with Crippen LogP contribution in [0.15, 0.2) is 27.9 Å². The SMILES string of the molecule is Cc1cn(CCCCO[C@H]2C=C[C@@H](CO)O2)c(=O)[nH]c1=O. The minimum Gasteiger partial charge on any atom is -0.393 e. The van der Waals surface area contributed by atoms with Gasteiger partial charge in [0.15, 0.2) is 6.29 Å². The third kappa shape index (κ3) is 4.38. The quantitative estimate of drug-likeness (QED) is 0.542. The average Bonchev–Trinajstić information content (AvgIpc) is 2.92. The van der Waals surface area contributed by atoms with Crippen molar-refractivity contribution in [3.8, 4) is 0 Å². The fourth-order valence-corrected chi connectivity index (χ4v) is 2.04. The van der Waals surface area contributed by atoms with Crippen LogP contribution in [-0.4, -0.2) is 40.3 Å². The van der Waals surface area contributed by atoms with E-state index in [1.807, 2.05) is 0 Å². The highest BCUT2D eigenvalue weighted by Crippen LogP contribution is 2.12. The molecule has 2 atom stereocenters. The largest absolute Gasteiger partial charge is 0.393 e. The van der Waals surface area contributed by atoms with E-state index in [-0.39, 0.29) is 24.0 Å². The number of hydrogen-bond acceptors (Lipinski definition) is 5. The smallest absolute Gasteiger partial charge is 0.328 e. The number of unbranched alkanes of at least 4 members (excludes halogenated alkanes) is 1. The number of rotatable bonds is 7. The molecule has 7 nitrogen and oxygen atoms in total. The maximum atomic E-state index is 11.6. The molecule has 116 valence electrons. The molecule has 0 radical (unpaired) electrons. The van der Waals surface area contributed by atoms with E-state index in [2.05, 4.69) is 4.98 Å². The van der Waals surface area contributed by atoms with Crippen molar-refractivity contribution in [2.75, 3.05) is 13.2 Å². The lowest BCUT2D eigenvalue weighted by Gasteiger charge is -2.13. The zero-order valence-corrected chi connectivity index (χ0v) is 11.9. The lowest BCUT2D eigenvalue weighted by molar-refractivity contribution is -0.126. The molecule has 0 fully saturated rings. The Hall–Kier alpha value is -1.70. The maximum Gasteiger partial charge on any atom is 0.328 e. The molecule has 1 aliphatic rings. The zero-order chi connectivity index (χ0) is 15.2. The summed E-state index contributed by atoms with van der Waals surface area (Å²) in [6, 6.07) is 0. The van der Waals surface area contributed by atoms with Crippen molar-refractivity contribution in [1.29, 1.82) is 0 Å². The summed E-state index contributed by atoms with van der Waals surface area (Å²) in [5.41, 5.74) is -0.215. The minimum absolute atomic E-state index is 0.0508. The summed E-state index contributed by atoms with van der Waals surface area (Å²) in [4.78, 5) is 25.1. The lowest BCUT2D eigenvalue weighted by Crippen LogP contribution is -2.30. The van der Waals surface area contributed by atoms with Crippen LogP contribution in [-0.2, 0) is 16.0 Å². The highest BCUT2D eigenvalue weighted by molar-refractivity contribution is 5.00. The van der Waals surface area contributed by atoms with Gasteiger partial charge in [0.2, 0.25) is 0 Å². The standard InChI is InChI=1S/C14H20N2O5/c1-10-8-16(14(19)15-13(10)18)6-2-3-7-20-12-5-4-11(9-17)21-12/h4-5,8,11-12,17H,2-3,6-7,9H2,1H3,(H,15,18,19)/t11-,12+/m0/s1. The second-order valence-electron chi connectivity index (χ2n) is 4.95. The normalized spacial score (nSPS) is 21.0. The molecule has 1 aromatic heterocycles. The molecule has 1 aliphatic heterocycles. The predicted octanol–water partition coefficient (Wildman–Crippen LogP) is -0.0848. The molecule has 0 aliphatic carbocycles. The first-order chi connectivity index (χ1) is 10.1. The Morgan fingerprint density at radius 2 is 2.19 bits per heavy atom. The van der Waals surface area contributed by atoms with E-state index in [1.54, 1.807) is 25.3 Å². The Bertz CT molecular complexity index is 604. The molecule has 21 heavy (non-hydrogen) atoms.